The number of nitrogens with zero attached hydrogens (tertiary/aromatic N) is 3. The monoisotopic (exact) mass is 419 g/mol. The molecule has 158 valence electrons. The largest absolute Gasteiger partial charge is 0.345 e. The molecule has 0 atom stereocenters. The maximum absolute atomic E-state index is 13.1. The van der Waals surface area contributed by atoms with Gasteiger partial charge in [0.15, 0.2) is 5.82 Å². The summed E-state index contributed by atoms with van der Waals surface area (Å²) in [6.07, 6.45) is 0. The highest BCUT2D eigenvalue weighted by atomic mass is 19.1. The van der Waals surface area contributed by atoms with Gasteiger partial charge in [-0.3, -0.25) is 4.57 Å². The fraction of sp³-hybridized carbons (Fsp3) is 0.174. The minimum atomic E-state index is -0.355. The van der Waals surface area contributed by atoms with Gasteiger partial charge in [-0.2, -0.15) is 0 Å². The lowest BCUT2D eigenvalue weighted by molar-refractivity contribution is 0.240. The lowest BCUT2D eigenvalue weighted by Gasteiger charge is -2.09. The molecule has 0 saturated carbocycles. The normalized spacial score (nSPS) is 10.9. The van der Waals surface area contributed by atoms with Gasteiger partial charge in [0.25, 0.3) is 0 Å². The molecule has 0 bridgehead atoms. The van der Waals surface area contributed by atoms with Crippen LogP contribution in [0.1, 0.15) is 5.56 Å². The fourth-order valence-electron chi connectivity index (χ4n) is 3.44. The van der Waals surface area contributed by atoms with Gasteiger partial charge in [-0.25, -0.2) is 18.7 Å². The van der Waals surface area contributed by atoms with Crippen LogP contribution >= 0.6 is 0 Å². The Morgan fingerprint density at radius 1 is 1.00 bits per heavy atom. The van der Waals surface area contributed by atoms with E-state index in [1.807, 2.05) is 42.5 Å². The van der Waals surface area contributed by atoms with Gasteiger partial charge < -0.3 is 10.6 Å². The molecule has 1 heterocycles. The number of benzene rings is 3. The van der Waals surface area contributed by atoms with Crippen molar-refractivity contribution < 1.29 is 9.18 Å². The Bertz CT molecular complexity index is 1270. The van der Waals surface area contributed by atoms with Crippen LogP contribution in [-0.4, -0.2) is 26.9 Å². The first-order valence-electron chi connectivity index (χ1n) is 9.91. The summed E-state index contributed by atoms with van der Waals surface area (Å²) in [7, 11) is 1.61. The summed E-state index contributed by atoms with van der Waals surface area (Å²) in [6, 6.07) is 19.4. The Morgan fingerprint density at radius 3 is 2.55 bits per heavy atom. The highest BCUT2D eigenvalue weighted by Gasteiger charge is 2.12. The van der Waals surface area contributed by atoms with Gasteiger partial charge in [-0.15, -0.1) is 5.10 Å². The predicted octanol–water partition coefficient (Wildman–Crippen LogP) is 3.04. The molecule has 8 heteroatoms. The van der Waals surface area contributed by atoms with E-state index in [0.717, 1.165) is 16.3 Å². The maximum Gasteiger partial charge on any atom is 0.345 e. The van der Waals surface area contributed by atoms with E-state index in [-0.39, 0.29) is 30.6 Å². The molecule has 0 aliphatic rings. The van der Waals surface area contributed by atoms with Crippen LogP contribution in [0.5, 0.6) is 0 Å². The zero-order chi connectivity index (χ0) is 21.8. The molecule has 3 aromatic carbocycles. The molecule has 2 N–H and O–H groups in total. The first-order valence-corrected chi connectivity index (χ1v) is 9.91. The summed E-state index contributed by atoms with van der Waals surface area (Å²) in [5.74, 6) is 0.0808. The summed E-state index contributed by atoms with van der Waals surface area (Å²) in [5, 5.41) is 12.1. The molecule has 0 spiro atoms. The molecule has 0 unspecified atom stereocenters. The van der Waals surface area contributed by atoms with Crippen molar-refractivity contribution in [2.45, 2.75) is 13.1 Å². The Hall–Kier alpha value is -3.94. The van der Waals surface area contributed by atoms with Crippen LogP contribution in [0.25, 0.3) is 22.2 Å². The molecule has 0 radical (unpaired) electrons. The van der Waals surface area contributed by atoms with E-state index in [1.165, 1.54) is 21.4 Å². The second kappa shape index (κ2) is 8.83. The van der Waals surface area contributed by atoms with Crippen molar-refractivity contribution in [2.75, 3.05) is 6.54 Å². The second-order valence-corrected chi connectivity index (χ2v) is 7.14. The molecule has 4 aromatic rings. The first-order chi connectivity index (χ1) is 15.0. The summed E-state index contributed by atoms with van der Waals surface area (Å²) in [5.41, 5.74) is 1.36. The van der Waals surface area contributed by atoms with E-state index in [1.54, 1.807) is 19.2 Å². The second-order valence-electron chi connectivity index (χ2n) is 7.14. The maximum atomic E-state index is 13.1. The minimum Gasteiger partial charge on any atom is -0.336 e. The van der Waals surface area contributed by atoms with E-state index in [4.69, 9.17) is 0 Å². The number of aromatic nitrogens is 3. The van der Waals surface area contributed by atoms with Gasteiger partial charge in [-0.05, 0) is 40.6 Å². The number of nitrogens with one attached hydrogen (secondary N) is 2. The summed E-state index contributed by atoms with van der Waals surface area (Å²) >= 11 is 0. The van der Waals surface area contributed by atoms with Crippen LogP contribution in [0.2, 0.25) is 0 Å². The van der Waals surface area contributed by atoms with Crippen molar-refractivity contribution in [1.29, 1.82) is 0 Å². The number of carbonyl (C=O) groups excluding carboxylic acids is 1. The smallest absolute Gasteiger partial charge is 0.336 e. The number of halogens is 1. The van der Waals surface area contributed by atoms with Crippen molar-refractivity contribution in [2.24, 2.45) is 7.05 Å². The summed E-state index contributed by atoms with van der Waals surface area (Å²) in [4.78, 5) is 24.6. The fourth-order valence-corrected chi connectivity index (χ4v) is 3.44. The number of amides is 2. The third-order valence-electron chi connectivity index (χ3n) is 5.07. The molecule has 7 nitrogen and oxygen atoms in total. The van der Waals surface area contributed by atoms with Crippen molar-refractivity contribution in [3.05, 3.63) is 88.6 Å². The SMILES string of the molecule is Cn1c(-c2ccc(F)cc2)nn(CCNC(=O)NCc2cccc3ccccc23)c1=O. The third-order valence-corrected chi connectivity index (χ3v) is 5.07. The van der Waals surface area contributed by atoms with Gasteiger partial charge in [0, 0.05) is 25.7 Å². The van der Waals surface area contributed by atoms with Crippen molar-refractivity contribution >= 4 is 16.8 Å². The van der Waals surface area contributed by atoms with Crippen molar-refractivity contribution in [3.8, 4) is 11.4 Å². The number of hydrogen-bond donors (Lipinski definition) is 2. The third kappa shape index (κ3) is 4.48. The zero-order valence-corrected chi connectivity index (χ0v) is 17.0. The average Bonchev–Trinajstić information content (AvgIpc) is 3.07. The Balaban J connectivity index is 1.34. The molecule has 0 aliphatic carbocycles. The van der Waals surface area contributed by atoms with Gasteiger partial charge >= 0.3 is 11.7 Å². The molecule has 31 heavy (non-hydrogen) atoms. The average molecular weight is 419 g/mol. The van der Waals surface area contributed by atoms with Crippen molar-refractivity contribution in [3.63, 3.8) is 0 Å². The molecular formula is C23H22FN5O2. The molecule has 0 aliphatic heterocycles. The van der Waals surface area contributed by atoms with Crippen LogP contribution in [-0.2, 0) is 20.1 Å². The lowest BCUT2D eigenvalue weighted by atomic mass is 10.0. The topological polar surface area (TPSA) is 81.0 Å². The van der Waals surface area contributed by atoms with Gasteiger partial charge in [-0.1, -0.05) is 42.5 Å². The van der Waals surface area contributed by atoms with E-state index in [2.05, 4.69) is 15.7 Å². The highest BCUT2D eigenvalue weighted by molar-refractivity contribution is 5.86. The van der Waals surface area contributed by atoms with Gasteiger partial charge in [0.05, 0.1) is 6.54 Å². The molecule has 0 saturated heterocycles. The first kappa shape index (κ1) is 20.3. The Kier molecular flexibility index (Phi) is 5.79. The van der Waals surface area contributed by atoms with E-state index >= 15 is 0 Å². The Labute approximate surface area is 178 Å². The van der Waals surface area contributed by atoms with Crippen LogP contribution in [0.4, 0.5) is 9.18 Å². The Morgan fingerprint density at radius 2 is 1.74 bits per heavy atom. The number of rotatable bonds is 6. The number of hydrogen-bond acceptors (Lipinski definition) is 3. The number of fused-ring (bicyclic) bond motifs is 1. The van der Waals surface area contributed by atoms with Crippen molar-refractivity contribution in [1.82, 2.24) is 25.0 Å². The molecule has 4 rings (SSSR count). The standard InChI is InChI=1S/C23H22FN5O2/c1-28-21(17-9-11-19(24)12-10-17)27-29(23(28)31)14-13-25-22(30)26-15-18-7-4-6-16-5-2-3-8-20(16)18/h2-12H,13-15H2,1H3,(H2,25,26,30). The summed E-state index contributed by atoms with van der Waals surface area (Å²) < 4.78 is 15.8. The minimum absolute atomic E-state index is 0.218. The molecule has 0 fully saturated rings. The van der Waals surface area contributed by atoms with E-state index in [9.17, 15) is 14.0 Å². The van der Waals surface area contributed by atoms with Crippen LogP contribution in [0, 0.1) is 5.82 Å². The highest BCUT2D eigenvalue weighted by Crippen LogP contribution is 2.18. The quantitative estimate of drug-likeness (QED) is 0.504. The number of urea groups is 1. The van der Waals surface area contributed by atoms with Crippen LogP contribution < -0.4 is 16.3 Å². The molecule has 1 aromatic heterocycles. The summed E-state index contributed by atoms with van der Waals surface area (Å²) in [6.45, 7) is 0.849. The molecular weight excluding hydrogens is 397 g/mol. The molecule has 2 amide bonds. The zero-order valence-electron chi connectivity index (χ0n) is 17.0. The van der Waals surface area contributed by atoms with Crippen LogP contribution in [0.3, 0.4) is 0 Å². The van der Waals surface area contributed by atoms with Crippen LogP contribution in [0.15, 0.2) is 71.5 Å². The number of carbonyl (C=O) groups is 1. The van der Waals surface area contributed by atoms with E-state index in [0.29, 0.717) is 17.9 Å². The predicted molar refractivity (Wildman–Crippen MR) is 117 cm³/mol. The van der Waals surface area contributed by atoms with Gasteiger partial charge in [0.1, 0.15) is 5.82 Å². The van der Waals surface area contributed by atoms with E-state index < -0.39 is 0 Å². The van der Waals surface area contributed by atoms with Gasteiger partial charge in [0.2, 0.25) is 0 Å². The lowest BCUT2D eigenvalue weighted by Crippen LogP contribution is -2.38.